The fourth-order valence-electron chi connectivity index (χ4n) is 4.70. The molecule has 1 unspecified atom stereocenters. The molecule has 2 aromatic rings. The Hall–Kier alpha value is -3.28. The van der Waals surface area contributed by atoms with E-state index >= 15 is 0 Å². The quantitative estimate of drug-likeness (QED) is 0.379. The van der Waals surface area contributed by atoms with Gasteiger partial charge in [-0.2, -0.15) is 13.2 Å². The molecule has 37 heavy (non-hydrogen) atoms. The molecule has 198 valence electrons. The van der Waals surface area contributed by atoms with Gasteiger partial charge in [0.2, 0.25) is 0 Å². The number of hydrogen-bond donors (Lipinski definition) is 1. The first-order chi connectivity index (χ1) is 17.5. The van der Waals surface area contributed by atoms with Gasteiger partial charge >= 0.3 is 6.18 Å². The lowest BCUT2D eigenvalue weighted by atomic mass is 9.93. The Labute approximate surface area is 219 Å². The summed E-state index contributed by atoms with van der Waals surface area (Å²) in [6.07, 6.45) is 7.73. The topological polar surface area (TPSA) is 28.2 Å². The third-order valence-corrected chi connectivity index (χ3v) is 6.57. The lowest BCUT2D eigenvalue weighted by molar-refractivity contribution is -0.0884. The number of likely N-dealkylation sites (tertiary alicyclic amines) is 1. The Balaban J connectivity index is 2.09. The van der Waals surface area contributed by atoms with Crippen molar-refractivity contribution >= 4 is 16.6 Å². The average molecular weight is 510 g/mol. The number of aromatic nitrogens is 1. The van der Waals surface area contributed by atoms with E-state index in [0.717, 1.165) is 58.4 Å². The van der Waals surface area contributed by atoms with Gasteiger partial charge in [-0.15, -0.1) is 0 Å². The first kappa shape index (κ1) is 28.3. The molecule has 1 aliphatic rings. The number of fused-ring (bicyclic) bond motifs is 1. The largest absolute Gasteiger partial charge is 0.416 e. The van der Waals surface area contributed by atoms with Crippen molar-refractivity contribution in [1.82, 2.24) is 9.88 Å². The molecule has 3 rings (SSSR count). The number of rotatable bonds is 7. The third-order valence-electron chi connectivity index (χ3n) is 6.57. The standard InChI is InChI=1S/C31H38F3N3/c1-7-10-24(19-25(11-8-2)31(32,33)34)26(21(3)4)20-29-28(12-9-17-37(29)6)36-30-27-18-22(5)13-14-23(27)15-16-35-30/h7,10-11,13-16,18-20,28H,8-9,12,17H2,1-6H3,(H,35,36)/b10-7-,24-19+,25-11-,29-20-. The molecule has 1 N–H and O–H groups in total. The number of benzene rings is 1. The van der Waals surface area contributed by atoms with Gasteiger partial charge in [-0.05, 0) is 87.8 Å². The van der Waals surface area contributed by atoms with E-state index in [1.54, 1.807) is 19.1 Å². The molecule has 1 fully saturated rings. The van der Waals surface area contributed by atoms with Crippen LogP contribution in [0.5, 0.6) is 0 Å². The molecule has 6 heteroatoms. The molecule has 1 aromatic carbocycles. The molecule has 0 radical (unpaired) electrons. The lowest BCUT2D eigenvalue weighted by Gasteiger charge is -2.36. The van der Waals surface area contributed by atoms with Crippen LogP contribution in [0, 0.1) is 6.92 Å². The number of piperidine rings is 1. The number of allylic oxidation sites excluding steroid dienone is 9. The molecule has 0 bridgehead atoms. The first-order valence-corrected chi connectivity index (χ1v) is 12.9. The number of anilines is 1. The summed E-state index contributed by atoms with van der Waals surface area (Å²) in [6.45, 7) is 10.4. The highest BCUT2D eigenvalue weighted by Gasteiger charge is 2.32. The van der Waals surface area contributed by atoms with Gasteiger partial charge in [0.05, 0.1) is 11.6 Å². The van der Waals surface area contributed by atoms with Crippen LogP contribution in [0.2, 0.25) is 0 Å². The van der Waals surface area contributed by atoms with Crippen molar-refractivity contribution in [3.05, 3.63) is 94.4 Å². The fourth-order valence-corrected chi connectivity index (χ4v) is 4.70. The number of aryl methyl sites for hydroxylation is 1. The van der Waals surface area contributed by atoms with Crippen LogP contribution < -0.4 is 5.32 Å². The molecular weight excluding hydrogens is 471 g/mol. The minimum Gasteiger partial charge on any atom is -0.376 e. The zero-order valence-electron chi connectivity index (χ0n) is 22.7. The number of likely N-dealkylation sites (N-methyl/N-ethyl adjacent to an activating group) is 1. The van der Waals surface area contributed by atoms with Crippen molar-refractivity contribution in [2.45, 2.75) is 66.1 Å². The van der Waals surface area contributed by atoms with E-state index < -0.39 is 11.7 Å². The average Bonchev–Trinajstić information content (AvgIpc) is 2.82. The Morgan fingerprint density at radius 3 is 2.62 bits per heavy atom. The number of pyridine rings is 1. The highest BCUT2D eigenvalue weighted by molar-refractivity contribution is 5.92. The van der Waals surface area contributed by atoms with Crippen LogP contribution in [0.25, 0.3) is 10.8 Å². The highest BCUT2D eigenvalue weighted by atomic mass is 19.4. The second-order valence-corrected chi connectivity index (χ2v) is 9.79. The van der Waals surface area contributed by atoms with E-state index in [1.165, 1.54) is 12.2 Å². The van der Waals surface area contributed by atoms with E-state index in [4.69, 9.17) is 0 Å². The molecule has 3 nitrogen and oxygen atoms in total. The third kappa shape index (κ3) is 7.15. The van der Waals surface area contributed by atoms with Crippen LogP contribution in [-0.2, 0) is 0 Å². The summed E-state index contributed by atoms with van der Waals surface area (Å²) in [5, 5.41) is 5.84. The van der Waals surface area contributed by atoms with Crippen LogP contribution in [0.1, 0.15) is 52.5 Å². The van der Waals surface area contributed by atoms with Crippen LogP contribution in [0.3, 0.4) is 0 Å². The zero-order valence-corrected chi connectivity index (χ0v) is 22.7. The summed E-state index contributed by atoms with van der Waals surface area (Å²) in [6, 6.07) is 8.30. The van der Waals surface area contributed by atoms with Gasteiger partial charge in [0, 0.05) is 30.9 Å². The van der Waals surface area contributed by atoms with E-state index in [0.29, 0.717) is 12.0 Å². The Kier molecular flexibility index (Phi) is 9.41. The molecule has 1 aliphatic heterocycles. The Bertz CT molecular complexity index is 1260. The summed E-state index contributed by atoms with van der Waals surface area (Å²) in [5.41, 5.74) is 3.87. The molecule has 1 aromatic heterocycles. The summed E-state index contributed by atoms with van der Waals surface area (Å²) in [4.78, 5) is 6.84. The van der Waals surface area contributed by atoms with Gasteiger partial charge in [-0.1, -0.05) is 48.4 Å². The number of nitrogens with zero attached hydrogens (tertiary/aromatic N) is 2. The van der Waals surface area contributed by atoms with Crippen LogP contribution in [-0.4, -0.2) is 35.7 Å². The predicted octanol–water partition coefficient (Wildman–Crippen LogP) is 8.67. The number of nitrogens with one attached hydrogen (secondary N) is 1. The van der Waals surface area contributed by atoms with Crippen molar-refractivity contribution in [2.24, 2.45) is 0 Å². The molecule has 2 heterocycles. The molecule has 0 amide bonds. The second-order valence-electron chi connectivity index (χ2n) is 9.79. The monoisotopic (exact) mass is 509 g/mol. The molecular formula is C31H38F3N3. The molecule has 1 saturated heterocycles. The van der Waals surface area contributed by atoms with Crippen LogP contribution in [0.4, 0.5) is 19.0 Å². The van der Waals surface area contributed by atoms with E-state index in [2.05, 4.69) is 40.3 Å². The van der Waals surface area contributed by atoms with Gasteiger partial charge in [0.25, 0.3) is 0 Å². The van der Waals surface area contributed by atoms with Crippen molar-refractivity contribution in [3.63, 3.8) is 0 Å². The Morgan fingerprint density at radius 1 is 1.22 bits per heavy atom. The van der Waals surface area contributed by atoms with E-state index in [9.17, 15) is 13.2 Å². The maximum atomic E-state index is 13.8. The van der Waals surface area contributed by atoms with Gasteiger partial charge in [0.15, 0.2) is 0 Å². The SMILES string of the molecule is C\C=C/C(=C\C(=C\CC)C(F)(F)F)C(/C=C1/C(Nc2nccc3ccc(C)cc23)CCCN1C)=C(C)C. The maximum Gasteiger partial charge on any atom is 0.416 e. The summed E-state index contributed by atoms with van der Waals surface area (Å²) >= 11 is 0. The minimum atomic E-state index is -4.41. The normalized spacial score (nSPS) is 18.7. The number of hydrogen-bond acceptors (Lipinski definition) is 3. The van der Waals surface area contributed by atoms with Gasteiger partial charge < -0.3 is 10.2 Å². The fraction of sp³-hybridized carbons (Fsp3) is 0.387. The Morgan fingerprint density at radius 2 is 1.97 bits per heavy atom. The van der Waals surface area contributed by atoms with E-state index in [-0.39, 0.29) is 6.04 Å². The molecule has 0 spiro atoms. The number of halogens is 3. The minimum absolute atomic E-state index is 0.0214. The van der Waals surface area contributed by atoms with Crippen molar-refractivity contribution in [3.8, 4) is 0 Å². The summed E-state index contributed by atoms with van der Waals surface area (Å²) < 4.78 is 41.3. The maximum absolute atomic E-state index is 13.8. The second kappa shape index (κ2) is 12.3. The van der Waals surface area contributed by atoms with Crippen molar-refractivity contribution < 1.29 is 13.2 Å². The van der Waals surface area contributed by atoms with E-state index in [1.807, 2.05) is 46.2 Å². The molecule has 0 saturated carbocycles. The van der Waals surface area contributed by atoms with Crippen molar-refractivity contribution in [2.75, 3.05) is 18.9 Å². The van der Waals surface area contributed by atoms with Gasteiger partial charge in [-0.25, -0.2) is 4.98 Å². The van der Waals surface area contributed by atoms with Crippen LogP contribution in [0.15, 0.2) is 88.8 Å². The lowest BCUT2D eigenvalue weighted by Crippen LogP contribution is -2.38. The number of alkyl halides is 3. The highest BCUT2D eigenvalue weighted by Crippen LogP contribution is 2.33. The van der Waals surface area contributed by atoms with Gasteiger partial charge in [-0.3, -0.25) is 0 Å². The summed E-state index contributed by atoms with van der Waals surface area (Å²) in [7, 11) is 2.04. The van der Waals surface area contributed by atoms with Crippen LogP contribution >= 0.6 is 0 Å². The molecule has 0 aliphatic carbocycles. The molecule has 1 atom stereocenters. The van der Waals surface area contributed by atoms with Crippen molar-refractivity contribution in [1.29, 1.82) is 0 Å². The first-order valence-electron chi connectivity index (χ1n) is 12.9. The van der Waals surface area contributed by atoms with Gasteiger partial charge in [0.1, 0.15) is 5.82 Å². The smallest absolute Gasteiger partial charge is 0.376 e. The predicted molar refractivity (Wildman–Crippen MR) is 150 cm³/mol. The summed E-state index contributed by atoms with van der Waals surface area (Å²) in [5.74, 6) is 0.820. The zero-order chi connectivity index (χ0) is 27.2.